The average molecular weight is 344 g/mol. The van der Waals surface area contributed by atoms with E-state index in [0.717, 1.165) is 19.4 Å². The number of hydrogen-bond donors (Lipinski definition) is 0. The van der Waals surface area contributed by atoms with Crippen LogP contribution in [0.3, 0.4) is 0 Å². The number of rotatable bonds is 8. The molecule has 0 N–H and O–H groups in total. The molecule has 1 nitrogen and oxygen atoms in total. The molecular formula is C25H28O. The molecule has 3 aromatic carbocycles. The minimum Gasteiger partial charge on any atom is -0.378 e. The first-order valence-electron chi connectivity index (χ1n) is 9.55. The SMILES string of the molecule is CCCO[C@@H](C)CC(c1ccccc1)(c1ccccc1)c1ccccc1. The van der Waals surface area contributed by atoms with E-state index in [2.05, 4.69) is 105 Å². The normalized spacial score (nSPS) is 12.7. The van der Waals surface area contributed by atoms with E-state index >= 15 is 0 Å². The van der Waals surface area contributed by atoms with Crippen molar-refractivity contribution in [3.8, 4) is 0 Å². The molecule has 0 aliphatic heterocycles. The molecule has 0 amide bonds. The van der Waals surface area contributed by atoms with Crippen LogP contribution < -0.4 is 0 Å². The first-order valence-corrected chi connectivity index (χ1v) is 9.55. The van der Waals surface area contributed by atoms with Gasteiger partial charge >= 0.3 is 0 Å². The van der Waals surface area contributed by atoms with Crippen molar-refractivity contribution < 1.29 is 4.74 Å². The Morgan fingerprint density at radius 1 is 0.692 bits per heavy atom. The van der Waals surface area contributed by atoms with Crippen molar-refractivity contribution in [2.45, 2.75) is 38.2 Å². The third-order valence-corrected chi connectivity index (χ3v) is 5.00. The standard InChI is InChI=1S/C25H28O/c1-3-19-26-21(2)20-25(22-13-7-4-8-14-22,23-15-9-5-10-16-23)24-17-11-6-12-18-24/h4-18,21H,3,19-20H2,1-2H3/t21-/m0/s1. The zero-order chi connectivity index (χ0) is 18.2. The Kier molecular flexibility index (Phi) is 6.25. The summed E-state index contributed by atoms with van der Waals surface area (Å²) in [6, 6.07) is 32.5. The Morgan fingerprint density at radius 2 is 1.08 bits per heavy atom. The lowest BCUT2D eigenvalue weighted by Crippen LogP contribution is -2.34. The van der Waals surface area contributed by atoms with Crippen molar-refractivity contribution in [2.24, 2.45) is 0 Å². The van der Waals surface area contributed by atoms with Gasteiger partial charge in [-0.25, -0.2) is 0 Å². The molecule has 0 aromatic heterocycles. The highest BCUT2D eigenvalue weighted by atomic mass is 16.5. The molecule has 0 bridgehead atoms. The topological polar surface area (TPSA) is 9.23 Å². The lowest BCUT2D eigenvalue weighted by atomic mass is 9.66. The molecule has 0 radical (unpaired) electrons. The predicted molar refractivity (Wildman–Crippen MR) is 110 cm³/mol. The van der Waals surface area contributed by atoms with Crippen LogP contribution >= 0.6 is 0 Å². The van der Waals surface area contributed by atoms with Gasteiger partial charge in [-0.2, -0.15) is 0 Å². The quantitative estimate of drug-likeness (QED) is 0.440. The third-order valence-electron chi connectivity index (χ3n) is 5.00. The highest BCUT2D eigenvalue weighted by Crippen LogP contribution is 2.43. The Labute approximate surface area is 157 Å². The van der Waals surface area contributed by atoms with Gasteiger partial charge in [-0.05, 0) is 36.5 Å². The molecule has 1 atom stereocenters. The summed E-state index contributed by atoms with van der Waals surface area (Å²) < 4.78 is 6.11. The lowest BCUT2D eigenvalue weighted by Gasteiger charge is -2.38. The molecule has 0 saturated heterocycles. The molecule has 26 heavy (non-hydrogen) atoms. The molecule has 0 spiro atoms. The van der Waals surface area contributed by atoms with Gasteiger partial charge in [0.2, 0.25) is 0 Å². The Bertz CT molecular complexity index is 668. The molecule has 3 rings (SSSR count). The highest BCUT2D eigenvalue weighted by Gasteiger charge is 2.37. The van der Waals surface area contributed by atoms with Crippen LogP contribution in [0.1, 0.15) is 43.4 Å². The number of ether oxygens (including phenoxy) is 1. The van der Waals surface area contributed by atoms with Crippen molar-refractivity contribution in [3.63, 3.8) is 0 Å². The van der Waals surface area contributed by atoms with Gasteiger partial charge < -0.3 is 4.74 Å². The second kappa shape index (κ2) is 8.82. The van der Waals surface area contributed by atoms with Gasteiger partial charge in [-0.3, -0.25) is 0 Å². The van der Waals surface area contributed by atoms with Crippen LogP contribution in [0, 0.1) is 0 Å². The number of hydrogen-bond acceptors (Lipinski definition) is 1. The molecule has 0 saturated carbocycles. The summed E-state index contributed by atoms with van der Waals surface area (Å²) in [5, 5.41) is 0. The maximum atomic E-state index is 6.11. The van der Waals surface area contributed by atoms with Crippen LogP contribution in [0.4, 0.5) is 0 Å². The van der Waals surface area contributed by atoms with E-state index in [4.69, 9.17) is 4.74 Å². The minimum atomic E-state index is -0.225. The molecule has 1 heteroatoms. The molecule has 0 unspecified atom stereocenters. The van der Waals surface area contributed by atoms with Crippen molar-refractivity contribution in [2.75, 3.05) is 6.61 Å². The van der Waals surface area contributed by atoms with Gasteiger partial charge in [0.05, 0.1) is 6.10 Å². The summed E-state index contributed by atoms with van der Waals surface area (Å²) in [5.74, 6) is 0. The smallest absolute Gasteiger partial charge is 0.0562 e. The number of benzene rings is 3. The maximum Gasteiger partial charge on any atom is 0.0562 e. The molecule has 134 valence electrons. The first-order chi connectivity index (χ1) is 12.8. The fraction of sp³-hybridized carbons (Fsp3) is 0.280. The summed E-state index contributed by atoms with van der Waals surface area (Å²) >= 11 is 0. The van der Waals surface area contributed by atoms with E-state index in [1.54, 1.807) is 0 Å². The van der Waals surface area contributed by atoms with Crippen LogP contribution in [0.15, 0.2) is 91.0 Å². The zero-order valence-corrected chi connectivity index (χ0v) is 15.8. The van der Waals surface area contributed by atoms with Crippen LogP contribution in [0.25, 0.3) is 0 Å². The van der Waals surface area contributed by atoms with Crippen molar-refractivity contribution in [1.29, 1.82) is 0 Å². The van der Waals surface area contributed by atoms with E-state index in [1.807, 2.05) is 0 Å². The van der Waals surface area contributed by atoms with Gasteiger partial charge in [0.15, 0.2) is 0 Å². The summed E-state index contributed by atoms with van der Waals surface area (Å²) in [4.78, 5) is 0. The molecule has 3 aromatic rings. The van der Waals surface area contributed by atoms with E-state index in [9.17, 15) is 0 Å². The monoisotopic (exact) mass is 344 g/mol. The maximum absolute atomic E-state index is 6.11. The molecular weight excluding hydrogens is 316 g/mol. The van der Waals surface area contributed by atoms with Crippen LogP contribution in [-0.4, -0.2) is 12.7 Å². The van der Waals surface area contributed by atoms with Gasteiger partial charge in [0.25, 0.3) is 0 Å². The summed E-state index contributed by atoms with van der Waals surface area (Å²) in [6.07, 6.45) is 2.11. The Morgan fingerprint density at radius 3 is 1.42 bits per heavy atom. The Balaban J connectivity index is 2.18. The minimum absolute atomic E-state index is 0.163. The highest BCUT2D eigenvalue weighted by molar-refractivity contribution is 5.50. The first kappa shape index (κ1) is 18.4. The van der Waals surface area contributed by atoms with Gasteiger partial charge in [-0.1, -0.05) is 97.9 Å². The fourth-order valence-corrected chi connectivity index (χ4v) is 3.83. The van der Waals surface area contributed by atoms with E-state index < -0.39 is 0 Å². The zero-order valence-electron chi connectivity index (χ0n) is 15.8. The second-order valence-electron chi connectivity index (χ2n) is 6.89. The van der Waals surface area contributed by atoms with Crippen LogP contribution in [0.5, 0.6) is 0 Å². The summed E-state index contributed by atoms with van der Waals surface area (Å²) in [6.45, 7) is 5.15. The van der Waals surface area contributed by atoms with Crippen molar-refractivity contribution >= 4 is 0 Å². The Hall–Kier alpha value is -2.38. The molecule has 0 heterocycles. The summed E-state index contributed by atoms with van der Waals surface area (Å²) in [5.41, 5.74) is 3.70. The van der Waals surface area contributed by atoms with Crippen molar-refractivity contribution in [1.82, 2.24) is 0 Å². The van der Waals surface area contributed by atoms with Gasteiger partial charge in [0, 0.05) is 12.0 Å². The van der Waals surface area contributed by atoms with Gasteiger partial charge in [-0.15, -0.1) is 0 Å². The molecule has 0 aliphatic rings. The largest absolute Gasteiger partial charge is 0.378 e. The van der Waals surface area contributed by atoms with E-state index in [1.165, 1.54) is 16.7 Å². The fourth-order valence-electron chi connectivity index (χ4n) is 3.83. The molecule has 0 fully saturated rings. The van der Waals surface area contributed by atoms with Crippen LogP contribution in [0.2, 0.25) is 0 Å². The van der Waals surface area contributed by atoms with E-state index in [-0.39, 0.29) is 11.5 Å². The van der Waals surface area contributed by atoms with Crippen LogP contribution in [-0.2, 0) is 10.2 Å². The lowest BCUT2D eigenvalue weighted by molar-refractivity contribution is 0.0517. The summed E-state index contributed by atoms with van der Waals surface area (Å²) in [7, 11) is 0. The van der Waals surface area contributed by atoms with Gasteiger partial charge in [0.1, 0.15) is 0 Å². The predicted octanol–water partition coefficient (Wildman–Crippen LogP) is 6.23. The van der Waals surface area contributed by atoms with E-state index in [0.29, 0.717) is 0 Å². The molecule has 0 aliphatic carbocycles. The third kappa shape index (κ3) is 3.89. The average Bonchev–Trinajstić information content (AvgIpc) is 2.72. The van der Waals surface area contributed by atoms with Crippen molar-refractivity contribution in [3.05, 3.63) is 108 Å². The second-order valence-corrected chi connectivity index (χ2v) is 6.89.